The van der Waals surface area contributed by atoms with Gasteiger partial charge in [-0.15, -0.1) is 0 Å². The fourth-order valence-electron chi connectivity index (χ4n) is 1.92. The van der Waals surface area contributed by atoms with Crippen molar-refractivity contribution in [2.24, 2.45) is 5.73 Å². The minimum Gasteiger partial charge on any atom is -0.366 e. The van der Waals surface area contributed by atoms with E-state index >= 15 is 0 Å². The molecule has 1 aliphatic rings. The summed E-state index contributed by atoms with van der Waals surface area (Å²) in [6, 6.07) is 0. The zero-order valence-corrected chi connectivity index (χ0v) is 10.2. The van der Waals surface area contributed by atoms with Crippen LogP contribution in [0.2, 0.25) is 0 Å². The molecule has 2 heterocycles. The summed E-state index contributed by atoms with van der Waals surface area (Å²) in [5.74, 6) is 1.58. The highest BCUT2D eigenvalue weighted by Gasteiger charge is 2.19. The van der Waals surface area contributed by atoms with Gasteiger partial charge >= 0.3 is 0 Å². The number of hydrogen-bond acceptors (Lipinski definition) is 6. The van der Waals surface area contributed by atoms with Crippen molar-refractivity contribution in [3.05, 3.63) is 12.4 Å². The largest absolute Gasteiger partial charge is 0.366 e. The minimum absolute atomic E-state index is 0.551. The Morgan fingerprint density at radius 1 is 1.28 bits per heavy atom. The molecule has 0 saturated carbocycles. The van der Waals surface area contributed by atoms with Gasteiger partial charge in [0, 0.05) is 51.7 Å². The summed E-state index contributed by atoms with van der Waals surface area (Å²) in [4.78, 5) is 23.2. The number of nitrogens with zero attached hydrogens (tertiary/aromatic N) is 4. The van der Waals surface area contributed by atoms with Gasteiger partial charge in [0.15, 0.2) is 11.6 Å². The number of amides is 1. The van der Waals surface area contributed by atoms with Crippen molar-refractivity contribution in [1.29, 1.82) is 0 Å². The Balaban J connectivity index is 2.06. The summed E-state index contributed by atoms with van der Waals surface area (Å²) in [5, 5.41) is 3.16. The van der Waals surface area contributed by atoms with Crippen LogP contribution in [0.1, 0.15) is 0 Å². The first-order chi connectivity index (χ1) is 8.85. The van der Waals surface area contributed by atoms with Crippen molar-refractivity contribution in [2.45, 2.75) is 0 Å². The van der Waals surface area contributed by atoms with E-state index in [0.29, 0.717) is 13.1 Å². The fourth-order valence-corrected chi connectivity index (χ4v) is 1.92. The van der Waals surface area contributed by atoms with Crippen molar-refractivity contribution in [3.63, 3.8) is 0 Å². The Morgan fingerprint density at radius 2 is 2.00 bits per heavy atom. The third-order valence-corrected chi connectivity index (χ3v) is 2.88. The molecule has 0 aromatic carbocycles. The quantitative estimate of drug-likeness (QED) is 0.660. The van der Waals surface area contributed by atoms with Crippen LogP contribution in [0.4, 0.5) is 11.6 Å². The van der Waals surface area contributed by atoms with Gasteiger partial charge in [0.25, 0.3) is 0 Å². The van der Waals surface area contributed by atoms with E-state index in [-0.39, 0.29) is 0 Å². The highest BCUT2D eigenvalue weighted by Crippen LogP contribution is 2.20. The minimum atomic E-state index is 0.551. The Kier molecular flexibility index (Phi) is 4.30. The summed E-state index contributed by atoms with van der Waals surface area (Å²) >= 11 is 0. The molecule has 2 rings (SSSR count). The van der Waals surface area contributed by atoms with Gasteiger partial charge in [-0.1, -0.05) is 0 Å². The van der Waals surface area contributed by atoms with Crippen LogP contribution in [-0.4, -0.2) is 60.5 Å². The van der Waals surface area contributed by atoms with Crippen LogP contribution in [0, 0.1) is 0 Å². The molecule has 1 aliphatic heterocycles. The Bertz CT molecular complexity index is 391. The molecule has 1 saturated heterocycles. The molecule has 18 heavy (non-hydrogen) atoms. The van der Waals surface area contributed by atoms with E-state index in [0.717, 1.165) is 44.2 Å². The number of carbonyl (C=O) groups is 1. The number of anilines is 2. The van der Waals surface area contributed by atoms with E-state index in [1.165, 1.54) is 0 Å². The zero-order valence-electron chi connectivity index (χ0n) is 10.2. The third-order valence-electron chi connectivity index (χ3n) is 2.88. The molecular weight excluding hydrogens is 232 g/mol. The molecule has 0 bridgehead atoms. The fraction of sp³-hybridized carbons (Fsp3) is 0.545. The molecule has 7 heteroatoms. The number of hydrogen-bond donors (Lipinski definition) is 2. The van der Waals surface area contributed by atoms with Crippen molar-refractivity contribution < 1.29 is 4.79 Å². The first-order valence-electron chi connectivity index (χ1n) is 6.04. The second-order valence-corrected chi connectivity index (χ2v) is 4.07. The van der Waals surface area contributed by atoms with E-state index in [9.17, 15) is 4.79 Å². The molecule has 98 valence electrons. The van der Waals surface area contributed by atoms with Gasteiger partial charge in [0.05, 0.1) is 0 Å². The number of aromatic nitrogens is 2. The van der Waals surface area contributed by atoms with E-state index < -0.39 is 0 Å². The Morgan fingerprint density at radius 3 is 2.67 bits per heavy atom. The molecule has 0 atom stereocenters. The summed E-state index contributed by atoms with van der Waals surface area (Å²) in [5.41, 5.74) is 5.47. The van der Waals surface area contributed by atoms with Gasteiger partial charge in [0.2, 0.25) is 6.41 Å². The standard InChI is InChI=1S/C11H18N6O/c12-1-2-13-10-11(15-4-3-14-10)17-7-5-16(9-18)6-8-17/h3-4,9H,1-2,5-8,12H2,(H,13,14). The van der Waals surface area contributed by atoms with Crippen molar-refractivity contribution in [3.8, 4) is 0 Å². The molecular formula is C11H18N6O. The van der Waals surface area contributed by atoms with Crippen LogP contribution in [0.25, 0.3) is 0 Å². The predicted octanol–water partition coefficient (Wildman–Crippen LogP) is -0.874. The number of piperazine rings is 1. The van der Waals surface area contributed by atoms with Crippen LogP contribution in [0.5, 0.6) is 0 Å². The second kappa shape index (κ2) is 6.15. The smallest absolute Gasteiger partial charge is 0.209 e. The number of nitrogens with one attached hydrogen (secondary N) is 1. The summed E-state index contributed by atoms with van der Waals surface area (Å²) in [6.07, 6.45) is 4.22. The van der Waals surface area contributed by atoms with Gasteiger partial charge < -0.3 is 20.9 Å². The molecule has 0 aliphatic carbocycles. The molecule has 1 amide bonds. The monoisotopic (exact) mass is 250 g/mol. The summed E-state index contributed by atoms with van der Waals surface area (Å²) in [6.45, 7) is 4.20. The average molecular weight is 250 g/mol. The Hall–Kier alpha value is -1.89. The lowest BCUT2D eigenvalue weighted by molar-refractivity contribution is -0.118. The van der Waals surface area contributed by atoms with Crippen LogP contribution < -0.4 is 16.0 Å². The topological polar surface area (TPSA) is 87.4 Å². The number of nitrogens with two attached hydrogens (primary N) is 1. The highest BCUT2D eigenvalue weighted by atomic mass is 16.1. The average Bonchev–Trinajstić information content (AvgIpc) is 2.45. The van der Waals surface area contributed by atoms with Crippen molar-refractivity contribution in [1.82, 2.24) is 14.9 Å². The molecule has 7 nitrogen and oxygen atoms in total. The Labute approximate surface area is 106 Å². The highest BCUT2D eigenvalue weighted by molar-refractivity contribution is 5.61. The molecule has 0 spiro atoms. The molecule has 3 N–H and O–H groups in total. The van der Waals surface area contributed by atoms with Gasteiger partial charge in [-0.05, 0) is 0 Å². The first-order valence-corrected chi connectivity index (χ1v) is 6.04. The van der Waals surface area contributed by atoms with Gasteiger partial charge in [-0.2, -0.15) is 0 Å². The number of carbonyl (C=O) groups excluding carboxylic acids is 1. The number of rotatable bonds is 5. The van der Waals surface area contributed by atoms with Crippen LogP contribution in [0.3, 0.4) is 0 Å². The molecule has 0 radical (unpaired) electrons. The lowest BCUT2D eigenvalue weighted by Gasteiger charge is -2.33. The van der Waals surface area contributed by atoms with Gasteiger partial charge in [-0.25, -0.2) is 9.97 Å². The van der Waals surface area contributed by atoms with Gasteiger partial charge in [-0.3, -0.25) is 4.79 Å². The maximum Gasteiger partial charge on any atom is 0.209 e. The molecule has 0 unspecified atom stereocenters. The molecule has 1 aromatic heterocycles. The van der Waals surface area contributed by atoms with Crippen LogP contribution in [0.15, 0.2) is 12.4 Å². The van der Waals surface area contributed by atoms with E-state index in [1.54, 1.807) is 17.3 Å². The van der Waals surface area contributed by atoms with E-state index in [2.05, 4.69) is 20.2 Å². The van der Waals surface area contributed by atoms with E-state index in [1.807, 2.05) is 0 Å². The zero-order chi connectivity index (χ0) is 12.8. The summed E-state index contributed by atoms with van der Waals surface area (Å²) < 4.78 is 0. The molecule has 1 aromatic rings. The summed E-state index contributed by atoms with van der Waals surface area (Å²) in [7, 11) is 0. The van der Waals surface area contributed by atoms with Gasteiger partial charge in [0.1, 0.15) is 0 Å². The van der Waals surface area contributed by atoms with Crippen molar-refractivity contribution >= 4 is 18.0 Å². The second-order valence-electron chi connectivity index (χ2n) is 4.07. The third kappa shape index (κ3) is 2.86. The van der Waals surface area contributed by atoms with Crippen LogP contribution >= 0.6 is 0 Å². The maximum absolute atomic E-state index is 10.7. The molecule has 1 fully saturated rings. The SMILES string of the molecule is NCCNc1nccnc1N1CCN(C=O)CC1. The normalized spacial score (nSPS) is 15.6. The maximum atomic E-state index is 10.7. The van der Waals surface area contributed by atoms with Crippen molar-refractivity contribution in [2.75, 3.05) is 49.5 Å². The lowest BCUT2D eigenvalue weighted by atomic mass is 10.3. The van der Waals surface area contributed by atoms with E-state index in [4.69, 9.17) is 5.73 Å². The van der Waals surface area contributed by atoms with Crippen LogP contribution in [-0.2, 0) is 4.79 Å². The predicted molar refractivity (Wildman–Crippen MR) is 69.4 cm³/mol. The first kappa shape index (κ1) is 12.6. The lowest BCUT2D eigenvalue weighted by Crippen LogP contribution is -2.46.